The number of ether oxygens (including phenoxy) is 1. The number of nitrogens with one attached hydrogen (secondary N) is 1. The van der Waals surface area contributed by atoms with Gasteiger partial charge in [-0.1, -0.05) is 17.7 Å². The van der Waals surface area contributed by atoms with Gasteiger partial charge < -0.3 is 15.0 Å². The number of rotatable bonds is 5. The molecule has 1 N–H and O–H groups in total. The largest absolute Gasteiger partial charge is 0.484 e. The lowest BCUT2D eigenvalue weighted by Crippen LogP contribution is -2.47. The second kappa shape index (κ2) is 9.06. The normalized spacial score (nSPS) is 14.6. The number of aromatic nitrogens is 1. The Labute approximate surface area is 169 Å². The first kappa shape index (κ1) is 20.1. The van der Waals surface area contributed by atoms with Crippen molar-refractivity contribution in [2.75, 3.05) is 19.7 Å². The van der Waals surface area contributed by atoms with Crippen LogP contribution >= 0.6 is 11.6 Å². The summed E-state index contributed by atoms with van der Waals surface area (Å²) in [6.07, 6.45) is 3.04. The number of hydrogen-bond acceptors (Lipinski definition) is 4. The van der Waals surface area contributed by atoms with Gasteiger partial charge in [-0.15, -0.1) is 0 Å². The third kappa shape index (κ3) is 5.01. The molecule has 1 aromatic carbocycles. The molecule has 0 bridgehead atoms. The highest BCUT2D eigenvalue weighted by atomic mass is 35.5. The lowest BCUT2D eigenvalue weighted by Gasteiger charge is -2.32. The van der Waals surface area contributed by atoms with Crippen LogP contribution in [0.3, 0.4) is 0 Å². The Morgan fingerprint density at radius 1 is 1.21 bits per heavy atom. The number of hydrogen-bond donors (Lipinski definition) is 1. The molecule has 2 aromatic rings. The molecule has 1 aliphatic rings. The lowest BCUT2D eigenvalue weighted by atomic mass is 10.0. The minimum atomic E-state index is -0.167. The Bertz CT molecular complexity index is 826. The first-order valence-corrected chi connectivity index (χ1v) is 9.71. The van der Waals surface area contributed by atoms with Crippen LogP contribution in [0.1, 0.15) is 34.5 Å². The molecule has 1 aliphatic heterocycles. The lowest BCUT2D eigenvalue weighted by molar-refractivity contribution is -0.124. The van der Waals surface area contributed by atoms with E-state index < -0.39 is 0 Å². The molecular formula is C21H24ClN3O3. The summed E-state index contributed by atoms with van der Waals surface area (Å²) in [7, 11) is 0. The van der Waals surface area contributed by atoms with Crippen LogP contribution in [0, 0.1) is 13.8 Å². The molecular weight excluding hydrogens is 378 g/mol. The SMILES string of the molecule is Cc1cc(OCC(=O)NC2CCN(C(=O)c3ccccn3)CC2)cc(C)c1Cl. The number of likely N-dealkylation sites (tertiary alicyclic amines) is 1. The van der Waals surface area contributed by atoms with Gasteiger partial charge in [0.05, 0.1) is 0 Å². The van der Waals surface area contributed by atoms with Gasteiger partial charge in [0.1, 0.15) is 11.4 Å². The van der Waals surface area contributed by atoms with E-state index in [0.29, 0.717) is 42.4 Å². The quantitative estimate of drug-likeness (QED) is 0.835. The molecule has 0 aliphatic carbocycles. The minimum absolute atomic E-state index is 0.0394. The molecule has 7 heteroatoms. The van der Waals surface area contributed by atoms with Crippen molar-refractivity contribution in [3.8, 4) is 5.75 Å². The van der Waals surface area contributed by atoms with Crippen LogP contribution in [0.15, 0.2) is 36.5 Å². The average molecular weight is 402 g/mol. The van der Waals surface area contributed by atoms with Gasteiger partial charge in [-0.2, -0.15) is 0 Å². The number of carbonyl (C=O) groups is 2. The first-order valence-electron chi connectivity index (χ1n) is 9.33. The van der Waals surface area contributed by atoms with Crippen LogP contribution < -0.4 is 10.1 Å². The molecule has 148 valence electrons. The number of carbonyl (C=O) groups excluding carboxylic acids is 2. The highest BCUT2D eigenvalue weighted by Crippen LogP contribution is 2.25. The summed E-state index contributed by atoms with van der Waals surface area (Å²) in [5.74, 6) is 0.396. The van der Waals surface area contributed by atoms with Crippen LogP contribution in [0.5, 0.6) is 5.75 Å². The number of pyridine rings is 1. The minimum Gasteiger partial charge on any atom is -0.484 e. The Balaban J connectivity index is 1.44. The molecule has 28 heavy (non-hydrogen) atoms. The zero-order valence-corrected chi connectivity index (χ0v) is 16.8. The van der Waals surface area contributed by atoms with Crippen molar-refractivity contribution in [1.29, 1.82) is 0 Å². The van der Waals surface area contributed by atoms with Gasteiger partial charge in [-0.3, -0.25) is 14.6 Å². The first-order chi connectivity index (χ1) is 13.4. The smallest absolute Gasteiger partial charge is 0.272 e. The van der Waals surface area contributed by atoms with Gasteiger partial charge in [-0.25, -0.2) is 0 Å². The second-order valence-corrected chi connectivity index (χ2v) is 7.39. The van der Waals surface area contributed by atoms with Gasteiger partial charge in [0.25, 0.3) is 11.8 Å². The summed E-state index contributed by atoms with van der Waals surface area (Å²) < 4.78 is 5.60. The number of amides is 2. The summed E-state index contributed by atoms with van der Waals surface area (Å²) in [6, 6.07) is 8.99. The molecule has 0 saturated carbocycles. The van der Waals surface area contributed by atoms with Crippen LogP contribution in [-0.2, 0) is 4.79 Å². The Hall–Kier alpha value is -2.60. The van der Waals surface area contributed by atoms with E-state index >= 15 is 0 Å². The molecule has 6 nitrogen and oxygen atoms in total. The van der Waals surface area contributed by atoms with Crippen LogP contribution in [0.2, 0.25) is 5.02 Å². The summed E-state index contributed by atoms with van der Waals surface area (Å²) in [4.78, 5) is 30.5. The van der Waals surface area contributed by atoms with Crippen molar-refractivity contribution >= 4 is 23.4 Å². The van der Waals surface area contributed by atoms with Crippen molar-refractivity contribution in [3.05, 3.63) is 58.4 Å². The molecule has 0 atom stereocenters. The predicted octanol–water partition coefficient (Wildman–Crippen LogP) is 3.15. The summed E-state index contributed by atoms with van der Waals surface area (Å²) in [6.45, 7) is 4.95. The number of benzene rings is 1. The molecule has 3 rings (SSSR count). The maximum absolute atomic E-state index is 12.4. The van der Waals surface area contributed by atoms with E-state index in [2.05, 4.69) is 10.3 Å². The molecule has 2 amide bonds. The summed E-state index contributed by atoms with van der Waals surface area (Å²) in [5.41, 5.74) is 2.29. The van der Waals surface area contributed by atoms with Crippen molar-refractivity contribution < 1.29 is 14.3 Å². The molecule has 0 spiro atoms. The van der Waals surface area contributed by atoms with E-state index in [1.165, 1.54) is 0 Å². The zero-order valence-electron chi connectivity index (χ0n) is 16.1. The van der Waals surface area contributed by atoms with E-state index in [-0.39, 0.29) is 24.5 Å². The standard InChI is InChI=1S/C21H24ClN3O3/c1-14-11-17(12-15(2)20(14)22)28-13-19(26)24-16-6-9-25(10-7-16)21(27)18-5-3-4-8-23-18/h3-5,8,11-12,16H,6-7,9-10,13H2,1-2H3,(H,24,26). The van der Waals surface area contributed by atoms with Gasteiger partial charge in [0, 0.05) is 30.4 Å². The van der Waals surface area contributed by atoms with Gasteiger partial charge in [-0.05, 0) is 62.1 Å². The zero-order chi connectivity index (χ0) is 20.1. The van der Waals surface area contributed by atoms with E-state index in [0.717, 1.165) is 11.1 Å². The van der Waals surface area contributed by atoms with Crippen molar-refractivity contribution in [2.45, 2.75) is 32.7 Å². The molecule has 1 saturated heterocycles. The van der Waals surface area contributed by atoms with E-state index in [4.69, 9.17) is 16.3 Å². The fourth-order valence-corrected chi connectivity index (χ4v) is 3.40. The number of halogens is 1. The molecule has 1 fully saturated rings. The van der Waals surface area contributed by atoms with Crippen molar-refractivity contribution in [2.24, 2.45) is 0 Å². The third-order valence-electron chi connectivity index (χ3n) is 4.81. The molecule has 2 heterocycles. The maximum atomic E-state index is 12.4. The Morgan fingerprint density at radius 3 is 2.50 bits per heavy atom. The van der Waals surface area contributed by atoms with Crippen molar-refractivity contribution in [1.82, 2.24) is 15.2 Å². The highest BCUT2D eigenvalue weighted by Gasteiger charge is 2.25. The monoisotopic (exact) mass is 401 g/mol. The maximum Gasteiger partial charge on any atom is 0.272 e. The van der Waals surface area contributed by atoms with Crippen LogP contribution in [0.25, 0.3) is 0 Å². The second-order valence-electron chi connectivity index (χ2n) is 7.01. The fraction of sp³-hybridized carbons (Fsp3) is 0.381. The van der Waals surface area contributed by atoms with E-state index in [1.54, 1.807) is 29.3 Å². The van der Waals surface area contributed by atoms with Gasteiger partial charge in [0.2, 0.25) is 0 Å². The van der Waals surface area contributed by atoms with Gasteiger partial charge in [0.15, 0.2) is 6.61 Å². The predicted molar refractivity (Wildman–Crippen MR) is 108 cm³/mol. The number of piperidine rings is 1. The Morgan fingerprint density at radius 2 is 1.89 bits per heavy atom. The molecule has 0 radical (unpaired) electrons. The van der Waals surface area contributed by atoms with E-state index in [1.807, 2.05) is 26.0 Å². The molecule has 0 unspecified atom stereocenters. The summed E-state index contributed by atoms with van der Waals surface area (Å²) in [5, 5.41) is 3.70. The highest BCUT2D eigenvalue weighted by molar-refractivity contribution is 6.32. The van der Waals surface area contributed by atoms with Crippen molar-refractivity contribution in [3.63, 3.8) is 0 Å². The molecule has 1 aromatic heterocycles. The number of nitrogens with zero attached hydrogens (tertiary/aromatic N) is 2. The summed E-state index contributed by atoms with van der Waals surface area (Å²) >= 11 is 6.15. The number of aryl methyl sites for hydroxylation is 2. The third-order valence-corrected chi connectivity index (χ3v) is 5.41. The van der Waals surface area contributed by atoms with E-state index in [9.17, 15) is 9.59 Å². The topological polar surface area (TPSA) is 71.5 Å². The fourth-order valence-electron chi connectivity index (χ4n) is 3.29. The average Bonchev–Trinajstić information content (AvgIpc) is 2.71. The van der Waals surface area contributed by atoms with Gasteiger partial charge >= 0.3 is 0 Å². The van der Waals surface area contributed by atoms with Crippen LogP contribution in [-0.4, -0.2) is 47.4 Å². The van der Waals surface area contributed by atoms with Crippen LogP contribution in [0.4, 0.5) is 0 Å². The Kier molecular flexibility index (Phi) is 6.52.